The minimum Gasteiger partial charge on any atom is -0.460 e. The summed E-state index contributed by atoms with van der Waals surface area (Å²) < 4.78 is 9.09. The summed E-state index contributed by atoms with van der Waals surface area (Å²) in [7, 11) is 8.30. The molecule has 0 aliphatic rings. The van der Waals surface area contributed by atoms with Gasteiger partial charge in [-0.3, -0.25) is 0 Å². The van der Waals surface area contributed by atoms with Crippen molar-refractivity contribution in [1.82, 2.24) is 0 Å². The number of carbonyl (C=O) groups is 2. The lowest BCUT2D eigenvalue weighted by molar-refractivity contribution is 0.200. The van der Waals surface area contributed by atoms with Gasteiger partial charge in [0.2, 0.25) is 0 Å². The van der Waals surface area contributed by atoms with E-state index in [0.717, 1.165) is 24.3 Å². The number of hydrogen-bond donors (Lipinski definition) is 0. The van der Waals surface area contributed by atoms with Gasteiger partial charge in [-0.1, -0.05) is 53.7 Å². The Morgan fingerprint density at radius 3 is 1.33 bits per heavy atom. The SMILES string of the molecule is COC(=O)SSCCCCCCCCCSSC(=O)OC. The number of methoxy groups -OCH3 is 2. The van der Waals surface area contributed by atoms with E-state index in [4.69, 9.17) is 0 Å². The van der Waals surface area contributed by atoms with Crippen LogP contribution < -0.4 is 0 Å². The van der Waals surface area contributed by atoms with Crippen LogP contribution in [0.1, 0.15) is 44.9 Å². The molecule has 0 amide bonds. The number of unbranched alkanes of at least 4 members (excludes halogenated alkanes) is 6. The molecule has 0 aromatic carbocycles. The summed E-state index contributed by atoms with van der Waals surface area (Å²) in [5.74, 6) is 2.00. The predicted octanol–water partition coefficient (Wildman–Crippen LogP) is 6.01. The highest BCUT2D eigenvalue weighted by atomic mass is 33.1. The van der Waals surface area contributed by atoms with Crippen molar-refractivity contribution >= 4 is 53.8 Å². The van der Waals surface area contributed by atoms with Gasteiger partial charge in [0, 0.05) is 33.1 Å². The lowest BCUT2D eigenvalue weighted by atomic mass is 10.1. The highest BCUT2D eigenvalue weighted by Gasteiger charge is 2.01. The van der Waals surface area contributed by atoms with Crippen molar-refractivity contribution in [2.24, 2.45) is 0 Å². The van der Waals surface area contributed by atoms with Crippen molar-refractivity contribution in [1.29, 1.82) is 0 Å². The zero-order valence-electron chi connectivity index (χ0n) is 12.6. The Labute approximate surface area is 143 Å². The first-order valence-electron chi connectivity index (χ1n) is 6.95. The van der Waals surface area contributed by atoms with Gasteiger partial charge in [-0.15, -0.1) is 0 Å². The third kappa shape index (κ3) is 16.5. The van der Waals surface area contributed by atoms with Gasteiger partial charge in [-0.25, -0.2) is 9.59 Å². The minimum absolute atomic E-state index is 0.219. The van der Waals surface area contributed by atoms with Gasteiger partial charge in [0.1, 0.15) is 0 Å². The van der Waals surface area contributed by atoms with Gasteiger partial charge in [0.25, 0.3) is 0 Å². The van der Waals surface area contributed by atoms with Crippen LogP contribution in [0.3, 0.4) is 0 Å². The molecule has 21 heavy (non-hydrogen) atoms. The van der Waals surface area contributed by atoms with Gasteiger partial charge < -0.3 is 9.47 Å². The lowest BCUT2D eigenvalue weighted by Crippen LogP contribution is -1.89. The summed E-state index contributed by atoms with van der Waals surface area (Å²) >= 11 is 0. The van der Waals surface area contributed by atoms with Gasteiger partial charge in [-0.2, -0.15) is 0 Å². The molecular formula is C13H24O4S4. The topological polar surface area (TPSA) is 52.6 Å². The fourth-order valence-corrected chi connectivity index (χ4v) is 4.79. The Balaban J connectivity index is 3.06. The van der Waals surface area contributed by atoms with Crippen LogP contribution in [-0.4, -0.2) is 36.3 Å². The Morgan fingerprint density at radius 1 is 0.667 bits per heavy atom. The maximum Gasteiger partial charge on any atom is 0.377 e. The van der Waals surface area contributed by atoms with Crippen LogP contribution in [0, 0.1) is 0 Å². The molecule has 8 heteroatoms. The van der Waals surface area contributed by atoms with Crippen LogP contribution in [0.15, 0.2) is 0 Å². The maximum atomic E-state index is 10.8. The van der Waals surface area contributed by atoms with Crippen molar-refractivity contribution in [3.63, 3.8) is 0 Å². The monoisotopic (exact) mass is 372 g/mol. The molecular weight excluding hydrogens is 348 g/mol. The first-order chi connectivity index (χ1) is 10.2. The average Bonchev–Trinajstić information content (AvgIpc) is 2.51. The smallest absolute Gasteiger partial charge is 0.377 e. The van der Waals surface area contributed by atoms with Crippen LogP contribution in [-0.2, 0) is 9.47 Å². The molecule has 0 unspecified atom stereocenters. The summed E-state index contributed by atoms with van der Waals surface area (Å²) in [6.45, 7) is 0. The Morgan fingerprint density at radius 2 is 1.00 bits per heavy atom. The summed E-state index contributed by atoms with van der Waals surface area (Å²) in [6.07, 6.45) is 8.54. The van der Waals surface area contributed by atoms with Gasteiger partial charge >= 0.3 is 10.6 Å². The zero-order valence-corrected chi connectivity index (χ0v) is 15.9. The summed E-state index contributed by atoms with van der Waals surface area (Å²) in [5.41, 5.74) is 0. The fourth-order valence-electron chi connectivity index (χ4n) is 1.45. The molecule has 4 nitrogen and oxygen atoms in total. The van der Waals surface area contributed by atoms with E-state index >= 15 is 0 Å². The summed E-state index contributed by atoms with van der Waals surface area (Å²) in [5, 5.41) is -0.438. The standard InChI is InChI=1S/C13H24O4S4/c1-16-12(14)20-18-10-8-6-4-3-5-7-9-11-19-21-13(15)17-2/h3-11H2,1-2H3. The minimum atomic E-state index is -0.219. The van der Waals surface area contributed by atoms with Crippen molar-refractivity contribution in [2.45, 2.75) is 44.9 Å². The number of carbonyl (C=O) groups excluding carboxylic acids is 2. The van der Waals surface area contributed by atoms with Crippen LogP contribution in [0.25, 0.3) is 0 Å². The largest absolute Gasteiger partial charge is 0.460 e. The van der Waals surface area contributed by atoms with Crippen molar-refractivity contribution in [2.75, 3.05) is 25.7 Å². The van der Waals surface area contributed by atoms with Gasteiger partial charge in [0.05, 0.1) is 14.2 Å². The molecule has 0 aromatic heterocycles. The third-order valence-electron chi connectivity index (χ3n) is 2.54. The maximum absolute atomic E-state index is 10.8. The van der Waals surface area contributed by atoms with Gasteiger partial charge in [0.15, 0.2) is 0 Å². The van der Waals surface area contributed by atoms with Crippen molar-refractivity contribution < 1.29 is 19.1 Å². The van der Waals surface area contributed by atoms with Crippen LogP contribution in [0.4, 0.5) is 9.59 Å². The summed E-state index contributed by atoms with van der Waals surface area (Å²) in [4.78, 5) is 21.7. The highest BCUT2D eigenvalue weighted by molar-refractivity contribution is 8.82. The fraction of sp³-hybridized carbons (Fsp3) is 0.846. The lowest BCUT2D eigenvalue weighted by Gasteiger charge is -2.02. The van der Waals surface area contributed by atoms with Crippen LogP contribution in [0.2, 0.25) is 0 Å². The molecule has 0 aromatic rings. The number of hydrogen-bond acceptors (Lipinski definition) is 8. The second-order valence-corrected chi connectivity index (χ2v) is 8.90. The molecule has 0 saturated carbocycles. The molecule has 0 N–H and O–H groups in total. The van der Waals surface area contributed by atoms with E-state index < -0.39 is 0 Å². The predicted molar refractivity (Wildman–Crippen MR) is 97.2 cm³/mol. The van der Waals surface area contributed by atoms with Gasteiger partial charge in [-0.05, 0) is 12.8 Å². The normalized spacial score (nSPS) is 10.4. The Hall–Kier alpha value is 0.340. The summed E-state index contributed by atoms with van der Waals surface area (Å²) in [6, 6.07) is 0. The average molecular weight is 373 g/mol. The molecule has 0 bridgehead atoms. The first-order valence-corrected chi connectivity index (χ1v) is 11.6. The van der Waals surface area contributed by atoms with Crippen molar-refractivity contribution in [3.8, 4) is 0 Å². The second kappa shape index (κ2) is 16.7. The third-order valence-corrected chi connectivity index (χ3v) is 6.82. The molecule has 0 spiro atoms. The van der Waals surface area contributed by atoms with Crippen LogP contribution >= 0.6 is 43.2 Å². The van der Waals surface area contributed by atoms with E-state index in [-0.39, 0.29) is 10.6 Å². The quantitative estimate of drug-likeness (QED) is 0.234. The van der Waals surface area contributed by atoms with Crippen LogP contribution in [0.5, 0.6) is 0 Å². The Kier molecular flexibility index (Phi) is 17.0. The molecule has 0 atom stereocenters. The van der Waals surface area contributed by atoms with Crippen molar-refractivity contribution in [3.05, 3.63) is 0 Å². The van der Waals surface area contributed by atoms with E-state index in [1.807, 2.05) is 0 Å². The molecule has 0 saturated heterocycles. The number of rotatable bonds is 12. The number of ether oxygens (including phenoxy) is 2. The highest BCUT2D eigenvalue weighted by Crippen LogP contribution is 2.25. The Bertz CT molecular complexity index is 251. The van der Waals surface area contributed by atoms with E-state index in [9.17, 15) is 9.59 Å². The zero-order chi connectivity index (χ0) is 15.8. The van der Waals surface area contributed by atoms with E-state index in [1.165, 1.54) is 67.9 Å². The van der Waals surface area contributed by atoms with E-state index in [1.54, 1.807) is 21.6 Å². The molecule has 0 fully saturated rings. The molecule has 0 radical (unpaired) electrons. The van der Waals surface area contributed by atoms with E-state index in [2.05, 4.69) is 9.47 Å². The molecule has 0 heterocycles. The second-order valence-electron chi connectivity index (χ2n) is 4.19. The molecule has 0 rings (SSSR count). The molecule has 124 valence electrons. The molecule has 0 aliphatic heterocycles. The van der Waals surface area contributed by atoms with E-state index in [0.29, 0.717) is 0 Å². The molecule has 0 aliphatic carbocycles. The first kappa shape index (κ1) is 21.3.